The van der Waals surface area contributed by atoms with Gasteiger partial charge in [-0.2, -0.15) is 4.98 Å². The van der Waals surface area contributed by atoms with Crippen molar-refractivity contribution in [2.45, 2.75) is 10.8 Å². The zero-order chi connectivity index (χ0) is 13.1. The molecule has 0 amide bonds. The van der Waals surface area contributed by atoms with E-state index in [0.29, 0.717) is 23.2 Å². The fourth-order valence-electron chi connectivity index (χ4n) is 1.43. The molecule has 0 unspecified atom stereocenters. The lowest BCUT2D eigenvalue weighted by Crippen LogP contribution is -1.87. The highest BCUT2D eigenvalue weighted by Crippen LogP contribution is 2.24. The Morgan fingerprint density at radius 3 is 3.00 bits per heavy atom. The molecule has 19 heavy (non-hydrogen) atoms. The molecule has 0 aliphatic carbocycles. The van der Waals surface area contributed by atoms with E-state index in [4.69, 9.17) is 10.3 Å². The van der Waals surface area contributed by atoms with Crippen molar-refractivity contribution < 1.29 is 4.52 Å². The Morgan fingerprint density at radius 1 is 1.32 bits per heavy atom. The summed E-state index contributed by atoms with van der Waals surface area (Å²) in [6.45, 7) is 0. The van der Waals surface area contributed by atoms with E-state index in [1.54, 1.807) is 17.5 Å². The molecule has 0 spiro atoms. The largest absolute Gasteiger partial charge is 0.397 e. The molecule has 7 heteroatoms. The SMILES string of the molecule is Nc1ccc(SCc2nc(-c3cccs3)no2)nc1. The number of aromatic nitrogens is 3. The summed E-state index contributed by atoms with van der Waals surface area (Å²) in [7, 11) is 0. The third-order valence-corrected chi connectivity index (χ3v) is 4.11. The summed E-state index contributed by atoms with van der Waals surface area (Å²) in [6, 6.07) is 7.62. The van der Waals surface area contributed by atoms with Gasteiger partial charge in [-0.05, 0) is 23.6 Å². The van der Waals surface area contributed by atoms with E-state index in [0.717, 1.165) is 9.90 Å². The van der Waals surface area contributed by atoms with Crippen LogP contribution in [0.1, 0.15) is 5.89 Å². The molecule has 3 rings (SSSR count). The predicted octanol–water partition coefficient (Wildman–Crippen LogP) is 3.07. The van der Waals surface area contributed by atoms with E-state index in [1.807, 2.05) is 29.6 Å². The van der Waals surface area contributed by atoms with Gasteiger partial charge in [-0.25, -0.2) is 4.98 Å². The highest BCUT2D eigenvalue weighted by Gasteiger charge is 2.09. The molecule has 0 saturated carbocycles. The molecule has 3 aromatic heterocycles. The normalized spacial score (nSPS) is 10.7. The van der Waals surface area contributed by atoms with E-state index in [2.05, 4.69) is 15.1 Å². The number of hydrogen-bond donors (Lipinski definition) is 1. The first-order chi connectivity index (χ1) is 9.31. The predicted molar refractivity (Wildman–Crippen MR) is 75.8 cm³/mol. The first kappa shape index (κ1) is 12.2. The van der Waals surface area contributed by atoms with E-state index in [9.17, 15) is 0 Å². The highest BCUT2D eigenvalue weighted by atomic mass is 32.2. The molecule has 0 bridgehead atoms. The maximum atomic E-state index is 5.58. The van der Waals surface area contributed by atoms with Gasteiger partial charge in [0.2, 0.25) is 11.7 Å². The summed E-state index contributed by atoms with van der Waals surface area (Å²) in [5.74, 6) is 1.82. The minimum absolute atomic E-state index is 0.590. The van der Waals surface area contributed by atoms with Gasteiger partial charge in [0.1, 0.15) is 0 Å². The zero-order valence-electron chi connectivity index (χ0n) is 9.81. The minimum atomic E-state index is 0.590. The molecule has 0 atom stereocenters. The van der Waals surface area contributed by atoms with Crippen LogP contribution in [-0.2, 0) is 5.75 Å². The minimum Gasteiger partial charge on any atom is -0.397 e. The molecule has 0 aliphatic rings. The number of hydrogen-bond acceptors (Lipinski definition) is 7. The van der Waals surface area contributed by atoms with Crippen LogP contribution in [0.5, 0.6) is 0 Å². The molecule has 3 heterocycles. The average Bonchev–Trinajstić information content (AvgIpc) is 3.09. The third kappa shape index (κ3) is 2.94. The summed E-state index contributed by atoms with van der Waals surface area (Å²) in [4.78, 5) is 9.55. The van der Waals surface area contributed by atoms with Gasteiger partial charge in [0.05, 0.1) is 27.5 Å². The van der Waals surface area contributed by atoms with Crippen molar-refractivity contribution in [2.75, 3.05) is 5.73 Å². The Balaban J connectivity index is 1.66. The van der Waals surface area contributed by atoms with Crippen LogP contribution in [0.3, 0.4) is 0 Å². The van der Waals surface area contributed by atoms with Crippen molar-refractivity contribution >= 4 is 28.8 Å². The molecule has 0 fully saturated rings. The quantitative estimate of drug-likeness (QED) is 0.744. The van der Waals surface area contributed by atoms with Crippen LogP contribution in [0.2, 0.25) is 0 Å². The van der Waals surface area contributed by atoms with Crippen LogP contribution in [0.25, 0.3) is 10.7 Å². The van der Waals surface area contributed by atoms with Crippen LogP contribution >= 0.6 is 23.1 Å². The van der Waals surface area contributed by atoms with Crippen molar-refractivity contribution in [3.63, 3.8) is 0 Å². The van der Waals surface area contributed by atoms with Crippen LogP contribution < -0.4 is 5.73 Å². The maximum Gasteiger partial charge on any atom is 0.237 e. The molecule has 0 aromatic carbocycles. The highest BCUT2D eigenvalue weighted by molar-refractivity contribution is 7.98. The second kappa shape index (κ2) is 5.41. The van der Waals surface area contributed by atoms with Crippen LogP contribution in [0, 0.1) is 0 Å². The molecular weight excluding hydrogens is 280 g/mol. The lowest BCUT2D eigenvalue weighted by molar-refractivity contribution is 0.392. The zero-order valence-corrected chi connectivity index (χ0v) is 11.4. The second-order valence-corrected chi connectivity index (χ2v) is 5.65. The lowest BCUT2D eigenvalue weighted by Gasteiger charge is -1.97. The van der Waals surface area contributed by atoms with Gasteiger partial charge >= 0.3 is 0 Å². The summed E-state index contributed by atoms with van der Waals surface area (Å²) < 4.78 is 5.21. The third-order valence-electron chi connectivity index (χ3n) is 2.31. The summed E-state index contributed by atoms with van der Waals surface area (Å²) >= 11 is 3.12. The Kier molecular flexibility index (Phi) is 3.47. The van der Waals surface area contributed by atoms with Gasteiger partial charge in [-0.1, -0.05) is 23.0 Å². The first-order valence-electron chi connectivity index (χ1n) is 5.52. The number of anilines is 1. The number of thioether (sulfide) groups is 1. The molecular formula is C12H10N4OS2. The van der Waals surface area contributed by atoms with Crippen molar-refractivity contribution in [1.82, 2.24) is 15.1 Å². The molecule has 5 nitrogen and oxygen atoms in total. The maximum absolute atomic E-state index is 5.58. The number of nitrogens with zero attached hydrogens (tertiary/aromatic N) is 3. The number of rotatable bonds is 4. The van der Waals surface area contributed by atoms with Crippen LogP contribution in [0.15, 0.2) is 45.4 Å². The molecule has 96 valence electrons. The number of nitrogens with two attached hydrogens (primary N) is 1. The Labute approximate surface area is 117 Å². The molecule has 0 radical (unpaired) electrons. The van der Waals surface area contributed by atoms with E-state index < -0.39 is 0 Å². The van der Waals surface area contributed by atoms with E-state index in [-0.39, 0.29) is 0 Å². The smallest absolute Gasteiger partial charge is 0.237 e. The van der Waals surface area contributed by atoms with Crippen molar-refractivity contribution in [2.24, 2.45) is 0 Å². The van der Waals surface area contributed by atoms with Crippen LogP contribution in [0.4, 0.5) is 5.69 Å². The fraction of sp³-hybridized carbons (Fsp3) is 0.0833. The number of thiophene rings is 1. The van der Waals surface area contributed by atoms with Crippen molar-refractivity contribution in [1.29, 1.82) is 0 Å². The monoisotopic (exact) mass is 290 g/mol. The molecule has 0 saturated heterocycles. The summed E-state index contributed by atoms with van der Waals surface area (Å²) in [5.41, 5.74) is 6.23. The van der Waals surface area contributed by atoms with Gasteiger partial charge < -0.3 is 10.3 Å². The average molecular weight is 290 g/mol. The van der Waals surface area contributed by atoms with Crippen molar-refractivity contribution in [3.05, 3.63) is 41.7 Å². The Hall–Kier alpha value is -1.86. The molecule has 3 aromatic rings. The number of pyridine rings is 1. The summed E-state index contributed by atoms with van der Waals surface area (Å²) in [6.07, 6.45) is 1.63. The van der Waals surface area contributed by atoms with Gasteiger partial charge in [0.25, 0.3) is 0 Å². The fourth-order valence-corrected chi connectivity index (χ4v) is 2.76. The molecule has 0 aliphatic heterocycles. The standard InChI is InChI=1S/C12H10N4OS2/c13-8-3-4-11(14-6-8)19-7-10-15-12(16-17-10)9-2-1-5-18-9/h1-6H,7,13H2. The number of nitrogen functional groups attached to an aromatic ring is 1. The van der Waals surface area contributed by atoms with Gasteiger partial charge in [-0.3, -0.25) is 0 Å². The molecule has 2 N–H and O–H groups in total. The van der Waals surface area contributed by atoms with Gasteiger partial charge in [0.15, 0.2) is 0 Å². The Morgan fingerprint density at radius 2 is 2.26 bits per heavy atom. The summed E-state index contributed by atoms with van der Waals surface area (Å²) in [5, 5.41) is 6.82. The van der Waals surface area contributed by atoms with Crippen molar-refractivity contribution in [3.8, 4) is 10.7 Å². The second-order valence-electron chi connectivity index (χ2n) is 3.71. The topological polar surface area (TPSA) is 77.8 Å². The lowest BCUT2D eigenvalue weighted by atomic mass is 10.4. The van der Waals surface area contributed by atoms with E-state index in [1.165, 1.54) is 11.8 Å². The Bertz CT molecular complexity index is 649. The van der Waals surface area contributed by atoms with Gasteiger partial charge in [-0.15, -0.1) is 11.3 Å². The van der Waals surface area contributed by atoms with Gasteiger partial charge in [0, 0.05) is 0 Å². The van der Waals surface area contributed by atoms with E-state index >= 15 is 0 Å². The van der Waals surface area contributed by atoms with Crippen LogP contribution in [-0.4, -0.2) is 15.1 Å². The first-order valence-corrected chi connectivity index (χ1v) is 7.38.